The Morgan fingerprint density at radius 2 is 1.94 bits per heavy atom. The fraction of sp³-hybridized carbons (Fsp3) is 0.571. The summed E-state index contributed by atoms with van der Waals surface area (Å²) in [5, 5.41) is 3.62. The third kappa shape index (κ3) is 3.51. The fourth-order valence-corrected chi connectivity index (χ4v) is 2.15. The van der Waals surface area contributed by atoms with Gasteiger partial charge in [-0.05, 0) is 43.0 Å². The van der Waals surface area contributed by atoms with Gasteiger partial charge in [-0.25, -0.2) is 0 Å². The number of hydrogen-bond acceptors (Lipinski definition) is 1. The van der Waals surface area contributed by atoms with Crippen LogP contribution in [-0.4, -0.2) is 6.04 Å². The van der Waals surface area contributed by atoms with Crippen molar-refractivity contribution in [3.63, 3.8) is 0 Å². The molecular formula is C14H22BrN. The van der Waals surface area contributed by atoms with Crippen LogP contribution < -0.4 is 5.32 Å². The second-order valence-corrected chi connectivity index (χ2v) is 5.39. The molecule has 0 aliphatic carbocycles. The zero-order chi connectivity index (χ0) is 12.1. The van der Waals surface area contributed by atoms with Crippen molar-refractivity contribution < 1.29 is 0 Å². The molecule has 90 valence electrons. The number of anilines is 1. The molecule has 1 aromatic rings. The summed E-state index contributed by atoms with van der Waals surface area (Å²) in [6.45, 7) is 8.99. The molecule has 1 N–H and O–H groups in total. The predicted octanol–water partition coefficient (Wildman–Crippen LogP) is 4.86. The van der Waals surface area contributed by atoms with Gasteiger partial charge in [0.1, 0.15) is 0 Å². The van der Waals surface area contributed by atoms with Crippen LogP contribution in [0.5, 0.6) is 0 Å². The van der Waals surface area contributed by atoms with Crippen molar-refractivity contribution in [2.24, 2.45) is 5.92 Å². The van der Waals surface area contributed by atoms with Crippen molar-refractivity contribution in [3.8, 4) is 0 Å². The minimum absolute atomic E-state index is 0.525. The van der Waals surface area contributed by atoms with E-state index in [-0.39, 0.29) is 0 Å². The molecular weight excluding hydrogens is 262 g/mol. The van der Waals surface area contributed by atoms with Gasteiger partial charge in [-0.2, -0.15) is 0 Å². The highest BCUT2D eigenvalue weighted by Crippen LogP contribution is 2.23. The first-order valence-electron chi connectivity index (χ1n) is 6.13. The highest BCUT2D eigenvalue weighted by atomic mass is 79.9. The van der Waals surface area contributed by atoms with Crippen molar-refractivity contribution in [2.75, 3.05) is 5.32 Å². The maximum atomic E-state index is 3.62. The van der Waals surface area contributed by atoms with Gasteiger partial charge in [0.25, 0.3) is 0 Å². The summed E-state index contributed by atoms with van der Waals surface area (Å²) in [6, 6.07) is 7.00. The molecule has 0 aromatic heterocycles. The molecule has 0 amide bonds. The van der Waals surface area contributed by atoms with Crippen molar-refractivity contribution in [3.05, 3.63) is 28.2 Å². The number of hydrogen-bond donors (Lipinski definition) is 1. The first-order valence-corrected chi connectivity index (χ1v) is 6.92. The van der Waals surface area contributed by atoms with E-state index in [4.69, 9.17) is 0 Å². The normalized spacial score (nSPS) is 14.6. The number of benzene rings is 1. The Morgan fingerprint density at radius 1 is 1.25 bits per heavy atom. The maximum absolute atomic E-state index is 3.62. The van der Waals surface area contributed by atoms with Gasteiger partial charge in [0.2, 0.25) is 0 Å². The van der Waals surface area contributed by atoms with E-state index in [0.717, 1.165) is 10.9 Å². The molecule has 2 heteroatoms. The molecule has 0 spiro atoms. The van der Waals surface area contributed by atoms with Crippen LogP contribution in [-0.2, 0) is 6.42 Å². The Morgan fingerprint density at radius 3 is 2.50 bits per heavy atom. The van der Waals surface area contributed by atoms with Crippen molar-refractivity contribution >= 4 is 21.6 Å². The van der Waals surface area contributed by atoms with E-state index in [1.165, 1.54) is 17.7 Å². The molecule has 16 heavy (non-hydrogen) atoms. The molecule has 2 unspecified atom stereocenters. The quantitative estimate of drug-likeness (QED) is 0.814. The monoisotopic (exact) mass is 283 g/mol. The molecule has 0 bridgehead atoms. The van der Waals surface area contributed by atoms with Gasteiger partial charge >= 0.3 is 0 Å². The van der Waals surface area contributed by atoms with Gasteiger partial charge in [-0.1, -0.05) is 43.1 Å². The lowest BCUT2D eigenvalue weighted by atomic mass is 10.00. The lowest BCUT2D eigenvalue weighted by molar-refractivity contribution is 0.494. The zero-order valence-electron chi connectivity index (χ0n) is 10.7. The third-order valence-electron chi connectivity index (χ3n) is 3.33. The van der Waals surface area contributed by atoms with E-state index in [0.29, 0.717) is 12.0 Å². The number of rotatable bonds is 5. The minimum Gasteiger partial charge on any atom is -0.382 e. The summed E-state index contributed by atoms with van der Waals surface area (Å²) in [6.07, 6.45) is 2.28. The average molecular weight is 284 g/mol. The average Bonchev–Trinajstić information content (AvgIpc) is 2.30. The van der Waals surface area contributed by atoms with Gasteiger partial charge in [-0.3, -0.25) is 0 Å². The highest BCUT2D eigenvalue weighted by Gasteiger charge is 2.11. The molecule has 0 heterocycles. The van der Waals surface area contributed by atoms with Crippen LogP contribution in [0.25, 0.3) is 0 Å². The Labute approximate surface area is 108 Å². The number of aryl methyl sites for hydroxylation is 1. The molecule has 0 saturated carbocycles. The Balaban J connectivity index is 2.80. The molecule has 1 rings (SSSR count). The van der Waals surface area contributed by atoms with Crippen LogP contribution >= 0.6 is 15.9 Å². The topological polar surface area (TPSA) is 12.0 Å². The smallest absolute Gasteiger partial charge is 0.0375 e. The summed E-state index contributed by atoms with van der Waals surface area (Å²) < 4.78 is 1.16. The Kier molecular flexibility index (Phi) is 5.33. The van der Waals surface area contributed by atoms with Crippen LogP contribution in [0.4, 0.5) is 5.69 Å². The van der Waals surface area contributed by atoms with Gasteiger partial charge in [0.05, 0.1) is 0 Å². The fourth-order valence-electron chi connectivity index (χ4n) is 1.74. The zero-order valence-corrected chi connectivity index (χ0v) is 12.3. The van der Waals surface area contributed by atoms with Crippen molar-refractivity contribution in [1.29, 1.82) is 0 Å². The molecule has 1 nitrogen and oxygen atoms in total. The molecule has 0 saturated heterocycles. The van der Waals surface area contributed by atoms with Gasteiger partial charge < -0.3 is 5.32 Å². The molecule has 0 fully saturated rings. The van der Waals surface area contributed by atoms with Crippen LogP contribution in [0.1, 0.15) is 39.7 Å². The molecule has 0 radical (unpaired) electrons. The first kappa shape index (κ1) is 13.6. The number of halogens is 1. The molecule has 0 aliphatic rings. The molecule has 1 aromatic carbocycles. The van der Waals surface area contributed by atoms with Crippen molar-refractivity contribution in [1.82, 2.24) is 0 Å². The largest absolute Gasteiger partial charge is 0.382 e. The first-order chi connectivity index (χ1) is 7.58. The second kappa shape index (κ2) is 6.29. The van der Waals surface area contributed by atoms with E-state index in [1.54, 1.807) is 0 Å². The van der Waals surface area contributed by atoms with Gasteiger partial charge in [0.15, 0.2) is 0 Å². The minimum atomic E-state index is 0.525. The molecule has 2 atom stereocenters. The lowest BCUT2D eigenvalue weighted by Gasteiger charge is -2.22. The second-order valence-electron chi connectivity index (χ2n) is 4.47. The van der Waals surface area contributed by atoms with Crippen LogP contribution in [0.3, 0.4) is 0 Å². The number of nitrogens with one attached hydrogen (secondary N) is 1. The van der Waals surface area contributed by atoms with Gasteiger partial charge in [0, 0.05) is 16.2 Å². The van der Waals surface area contributed by atoms with Crippen LogP contribution in [0, 0.1) is 5.92 Å². The van der Waals surface area contributed by atoms with Gasteiger partial charge in [-0.15, -0.1) is 0 Å². The van der Waals surface area contributed by atoms with E-state index in [9.17, 15) is 0 Å². The summed E-state index contributed by atoms with van der Waals surface area (Å²) in [7, 11) is 0. The summed E-state index contributed by atoms with van der Waals surface area (Å²) in [5.41, 5.74) is 2.66. The lowest BCUT2D eigenvalue weighted by Crippen LogP contribution is -2.23. The summed E-state index contributed by atoms with van der Waals surface area (Å²) in [5.74, 6) is 0.702. The van der Waals surface area contributed by atoms with Crippen molar-refractivity contribution in [2.45, 2.75) is 46.6 Å². The SMILES string of the molecule is CCc1cc(Br)ccc1NC(C)C(C)CC. The predicted molar refractivity (Wildman–Crippen MR) is 76.1 cm³/mol. The van der Waals surface area contributed by atoms with E-state index in [2.05, 4.69) is 67.1 Å². The maximum Gasteiger partial charge on any atom is 0.0375 e. The van der Waals surface area contributed by atoms with Crippen LogP contribution in [0.15, 0.2) is 22.7 Å². The highest BCUT2D eigenvalue weighted by molar-refractivity contribution is 9.10. The summed E-state index contributed by atoms with van der Waals surface area (Å²) in [4.78, 5) is 0. The van der Waals surface area contributed by atoms with E-state index < -0.39 is 0 Å². The third-order valence-corrected chi connectivity index (χ3v) is 3.82. The van der Waals surface area contributed by atoms with E-state index in [1.807, 2.05) is 0 Å². The summed E-state index contributed by atoms with van der Waals surface area (Å²) >= 11 is 3.52. The Bertz CT molecular complexity index is 336. The molecule has 0 aliphatic heterocycles. The Hall–Kier alpha value is -0.500. The van der Waals surface area contributed by atoms with E-state index >= 15 is 0 Å². The standard InChI is InChI=1S/C14H22BrN/c1-5-10(3)11(4)16-14-8-7-13(15)9-12(14)6-2/h7-11,16H,5-6H2,1-4H3. The van der Waals surface area contributed by atoms with Crippen LogP contribution in [0.2, 0.25) is 0 Å².